The molecule has 0 aromatic heterocycles. The molecule has 104 valence electrons. The Kier molecular flexibility index (Phi) is 3.69. The van der Waals surface area contributed by atoms with E-state index in [1.165, 1.54) is 7.11 Å². The van der Waals surface area contributed by atoms with Gasteiger partial charge in [-0.25, -0.2) is 0 Å². The molecule has 1 aromatic rings. The fourth-order valence-electron chi connectivity index (χ4n) is 2.70. The van der Waals surface area contributed by atoms with Gasteiger partial charge in [0.2, 0.25) is 0 Å². The number of hydrogen-bond acceptors (Lipinski definition) is 2. The molecule has 0 saturated heterocycles. The Morgan fingerprint density at radius 2 is 1.52 bits per heavy atom. The third kappa shape index (κ3) is 2.52. The molecule has 2 aliphatic carbocycles. The van der Waals surface area contributed by atoms with Crippen LogP contribution in [-0.2, 0) is 9.53 Å². The second-order valence-electron chi connectivity index (χ2n) is 4.94. The molecule has 0 spiro atoms. The number of fused-ring (bicyclic) bond motifs is 1. The van der Waals surface area contributed by atoms with Crippen LogP contribution in [0.1, 0.15) is 17.0 Å². The summed E-state index contributed by atoms with van der Waals surface area (Å²) in [5, 5.41) is 0. The van der Waals surface area contributed by atoms with E-state index in [0.29, 0.717) is 0 Å². The van der Waals surface area contributed by atoms with Crippen LogP contribution in [0.25, 0.3) is 11.1 Å². The zero-order valence-corrected chi connectivity index (χ0v) is 11.8. The van der Waals surface area contributed by atoms with Crippen LogP contribution in [0.15, 0.2) is 72.8 Å². The molecule has 0 radical (unpaired) electrons. The first kappa shape index (κ1) is 13.4. The normalized spacial score (nSPS) is 12.0. The van der Waals surface area contributed by atoms with Crippen molar-refractivity contribution < 1.29 is 9.53 Å². The highest BCUT2D eigenvalue weighted by Gasteiger charge is 2.27. The van der Waals surface area contributed by atoms with Crippen molar-refractivity contribution in [1.82, 2.24) is 0 Å². The molecular formula is C19H16O2. The van der Waals surface area contributed by atoms with Crippen LogP contribution in [0.2, 0.25) is 0 Å². The van der Waals surface area contributed by atoms with Crippen LogP contribution < -0.4 is 0 Å². The second kappa shape index (κ2) is 5.80. The molecule has 0 aliphatic heterocycles. The van der Waals surface area contributed by atoms with E-state index in [0.717, 1.165) is 22.3 Å². The van der Waals surface area contributed by atoms with Crippen molar-refractivity contribution in [2.75, 3.05) is 7.11 Å². The van der Waals surface area contributed by atoms with Gasteiger partial charge in [-0.05, 0) is 22.3 Å². The summed E-state index contributed by atoms with van der Waals surface area (Å²) in [5.41, 5.74) is 4.14. The van der Waals surface area contributed by atoms with Crippen LogP contribution in [0.5, 0.6) is 0 Å². The third-order valence-corrected chi connectivity index (χ3v) is 3.71. The molecule has 1 aromatic carbocycles. The van der Waals surface area contributed by atoms with Crippen LogP contribution >= 0.6 is 0 Å². The number of carbonyl (C=O) groups excluding carboxylic acids is 1. The van der Waals surface area contributed by atoms with E-state index in [1.807, 2.05) is 66.7 Å². The number of rotatable bonds is 3. The third-order valence-electron chi connectivity index (χ3n) is 3.71. The molecule has 0 bridgehead atoms. The predicted octanol–water partition coefficient (Wildman–Crippen LogP) is 4.10. The lowest BCUT2D eigenvalue weighted by atomic mass is 9.90. The fraction of sp³-hybridized carbons (Fsp3) is 0.105. The summed E-state index contributed by atoms with van der Waals surface area (Å²) < 4.78 is 5.02. The SMILES string of the molecule is COC(=O)C(c1ccccc1)c1ccc2cccccc1-2. The molecule has 0 fully saturated rings. The van der Waals surface area contributed by atoms with Gasteiger partial charge in [0.25, 0.3) is 0 Å². The van der Waals surface area contributed by atoms with Crippen LogP contribution in [0.4, 0.5) is 0 Å². The van der Waals surface area contributed by atoms with Gasteiger partial charge in [0.05, 0.1) is 7.11 Å². The van der Waals surface area contributed by atoms with Gasteiger partial charge in [0.1, 0.15) is 5.92 Å². The van der Waals surface area contributed by atoms with Crippen LogP contribution in [-0.4, -0.2) is 13.1 Å². The summed E-state index contributed by atoms with van der Waals surface area (Å²) in [6.07, 6.45) is 0. The van der Waals surface area contributed by atoms with Crippen LogP contribution in [0, 0.1) is 0 Å². The zero-order chi connectivity index (χ0) is 14.7. The number of carbonyl (C=O) groups is 1. The van der Waals surface area contributed by atoms with Crippen molar-refractivity contribution in [1.29, 1.82) is 0 Å². The minimum Gasteiger partial charge on any atom is -0.468 e. The maximum absolute atomic E-state index is 12.3. The highest BCUT2D eigenvalue weighted by Crippen LogP contribution is 2.36. The lowest BCUT2D eigenvalue weighted by Crippen LogP contribution is -2.15. The van der Waals surface area contributed by atoms with Gasteiger partial charge in [0.15, 0.2) is 0 Å². The quantitative estimate of drug-likeness (QED) is 0.673. The van der Waals surface area contributed by atoms with Gasteiger partial charge in [-0.1, -0.05) is 72.8 Å². The molecule has 0 amide bonds. The Labute approximate surface area is 124 Å². The number of methoxy groups -OCH3 is 1. The number of hydrogen-bond donors (Lipinski definition) is 0. The maximum atomic E-state index is 12.3. The Hall–Kier alpha value is -2.61. The van der Waals surface area contributed by atoms with E-state index in [4.69, 9.17) is 4.74 Å². The van der Waals surface area contributed by atoms with E-state index in [-0.39, 0.29) is 5.97 Å². The average Bonchev–Trinajstić information content (AvgIpc) is 2.77. The maximum Gasteiger partial charge on any atom is 0.317 e. The van der Waals surface area contributed by atoms with Gasteiger partial charge in [-0.15, -0.1) is 0 Å². The first-order valence-corrected chi connectivity index (χ1v) is 6.91. The molecule has 2 nitrogen and oxygen atoms in total. The minimum atomic E-state index is -0.393. The fourth-order valence-corrected chi connectivity index (χ4v) is 2.70. The molecule has 2 aliphatic rings. The highest BCUT2D eigenvalue weighted by atomic mass is 16.5. The van der Waals surface area contributed by atoms with E-state index in [2.05, 4.69) is 6.07 Å². The molecule has 2 heteroatoms. The minimum absolute atomic E-state index is 0.236. The highest BCUT2D eigenvalue weighted by molar-refractivity contribution is 5.87. The monoisotopic (exact) mass is 276 g/mol. The van der Waals surface area contributed by atoms with Gasteiger partial charge >= 0.3 is 5.97 Å². The van der Waals surface area contributed by atoms with Crippen LogP contribution in [0.3, 0.4) is 0 Å². The van der Waals surface area contributed by atoms with Gasteiger partial charge in [-0.3, -0.25) is 4.79 Å². The van der Waals surface area contributed by atoms with E-state index < -0.39 is 5.92 Å². The van der Waals surface area contributed by atoms with Crippen molar-refractivity contribution >= 4 is 5.97 Å². The van der Waals surface area contributed by atoms with Crippen molar-refractivity contribution in [2.24, 2.45) is 0 Å². The average molecular weight is 276 g/mol. The van der Waals surface area contributed by atoms with Crippen molar-refractivity contribution in [3.05, 3.63) is 83.9 Å². The van der Waals surface area contributed by atoms with E-state index in [9.17, 15) is 4.79 Å². The summed E-state index contributed by atoms with van der Waals surface area (Å²) in [5.74, 6) is -0.628. The predicted molar refractivity (Wildman–Crippen MR) is 83.4 cm³/mol. The van der Waals surface area contributed by atoms with Crippen molar-refractivity contribution in [2.45, 2.75) is 5.92 Å². The Morgan fingerprint density at radius 1 is 0.857 bits per heavy atom. The molecule has 1 atom stereocenters. The van der Waals surface area contributed by atoms with Gasteiger partial charge < -0.3 is 4.74 Å². The number of esters is 1. The smallest absolute Gasteiger partial charge is 0.317 e. The molecule has 1 unspecified atom stereocenters. The molecule has 21 heavy (non-hydrogen) atoms. The lowest BCUT2D eigenvalue weighted by molar-refractivity contribution is -0.141. The first-order valence-electron chi connectivity index (χ1n) is 6.91. The summed E-state index contributed by atoms with van der Waals surface area (Å²) in [4.78, 5) is 12.3. The largest absolute Gasteiger partial charge is 0.468 e. The number of ether oxygens (including phenoxy) is 1. The molecule has 0 saturated carbocycles. The zero-order valence-electron chi connectivity index (χ0n) is 11.8. The Bertz CT molecular complexity index is 719. The van der Waals surface area contributed by atoms with Crippen molar-refractivity contribution in [3.63, 3.8) is 0 Å². The van der Waals surface area contributed by atoms with Gasteiger partial charge in [0, 0.05) is 0 Å². The lowest BCUT2D eigenvalue weighted by Gasteiger charge is -2.16. The summed E-state index contributed by atoms with van der Waals surface area (Å²) in [6.45, 7) is 0. The Morgan fingerprint density at radius 3 is 2.24 bits per heavy atom. The standard InChI is InChI=1S/C19H16O2/c1-21-19(20)18(15-9-5-2-6-10-15)17-13-12-14-8-4-3-7-11-16(14)17/h2-13,18H,1H3. The summed E-state index contributed by atoms with van der Waals surface area (Å²) in [7, 11) is 1.43. The van der Waals surface area contributed by atoms with Crippen molar-refractivity contribution in [3.8, 4) is 11.1 Å². The van der Waals surface area contributed by atoms with Gasteiger partial charge in [-0.2, -0.15) is 0 Å². The number of benzene rings is 1. The summed E-state index contributed by atoms with van der Waals surface area (Å²) >= 11 is 0. The second-order valence-corrected chi connectivity index (χ2v) is 4.94. The molecular weight excluding hydrogens is 260 g/mol. The van der Waals surface area contributed by atoms with E-state index >= 15 is 0 Å². The molecule has 0 N–H and O–H groups in total. The molecule has 0 heterocycles. The van der Waals surface area contributed by atoms with E-state index in [1.54, 1.807) is 0 Å². The molecule has 3 rings (SSSR count). The first-order chi connectivity index (χ1) is 10.3. The summed E-state index contributed by atoms with van der Waals surface area (Å²) in [6, 6.07) is 23.9. The topological polar surface area (TPSA) is 26.3 Å². The Balaban J connectivity index is 2.15.